The molecule has 0 aliphatic carbocycles. The number of rotatable bonds is 10. The molecule has 4 N–H and O–H groups in total. The van der Waals surface area contributed by atoms with Crippen LogP contribution in [0.25, 0.3) is 0 Å². The maximum atomic E-state index is 10.4. The van der Waals surface area contributed by atoms with E-state index in [4.69, 9.17) is 11.5 Å². The van der Waals surface area contributed by atoms with Crippen LogP contribution in [0.15, 0.2) is 0 Å². The second-order valence-electron chi connectivity index (χ2n) is 5.29. The Hall–Kier alpha value is -0.570. The standard InChI is InChI=1S/C12H25NO.C3H9N/c1-2-3-4-5-6-7-8-9-10-11-12(13)14;1-3(2)4/h2-11H2,1H3,(H2,13,14);3H,4H2,1-2H3. The summed E-state index contributed by atoms with van der Waals surface area (Å²) in [7, 11) is 0. The molecule has 110 valence electrons. The summed E-state index contributed by atoms with van der Waals surface area (Å²) in [6, 6.07) is 0.333. The van der Waals surface area contributed by atoms with Crippen LogP contribution in [0.5, 0.6) is 0 Å². The molecule has 1 amide bonds. The van der Waals surface area contributed by atoms with E-state index in [0.29, 0.717) is 12.5 Å². The first-order valence-corrected chi connectivity index (χ1v) is 7.54. The van der Waals surface area contributed by atoms with Crippen LogP contribution in [-0.4, -0.2) is 11.9 Å². The molecule has 3 nitrogen and oxygen atoms in total. The number of hydrogen-bond donors (Lipinski definition) is 2. The first-order valence-electron chi connectivity index (χ1n) is 7.54. The van der Waals surface area contributed by atoms with Crippen molar-refractivity contribution in [1.82, 2.24) is 0 Å². The molecule has 3 heteroatoms. The zero-order valence-electron chi connectivity index (χ0n) is 12.7. The van der Waals surface area contributed by atoms with Crippen LogP contribution in [0.3, 0.4) is 0 Å². The monoisotopic (exact) mass is 258 g/mol. The molecule has 0 fully saturated rings. The molecule has 0 spiro atoms. The number of carbonyl (C=O) groups excluding carboxylic acids is 1. The zero-order valence-corrected chi connectivity index (χ0v) is 12.7. The van der Waals surface area contributed by atoms with Gasteiger partial charge in [0.2, 0.25) is 5.91 Å². The Morgan fingerprint density at radius 3 is 1.56 bits per heavy atom. The van der Waals surface area contributed by atoms with E-state index in [1.54, 1.807) is 0 Å². The van der Waals surface area contributed by atoms with Gasteiger partial charge in [0.25, 0.3) is 0 Å². The van der Waals surface area contributed by atoms with Crippen molar-refractivity contribution in [3.8, 4) is 0 Å². The number of unbranched alkanes of at least 4 members (excludes halogenated alkanes) is 8. The Morgan fingerprint density at radius 2 is 1.22 bits per heavy atom. The Labute approximate surface area is 114 Å². The van der Waals surface area contributed by atoms with Crippen molar-refractivity contribution in [3.05, 3.63) is 0 Å². The van der Waals surface area contributed by atoms with E-state index in [9.17, 15) is 4.79 Å². The molecule has 0 atom stereocenters. The topological polar surface area (TPSA) is 69.1 Å². The normalized spacial score (nSPS) is 10.1. The molecule has 0 aromatic rings. The molecule has 0 aromatic heterocycles. The number of hydrogen-bond acceptors (Lipinski definition) is 2. The molecule has 0 aliphatic rings. The Kier molecular flexibility index (Phi) is 18.0. The molecule has 0 aromatic carbocycles. The third-order valence-electron chi connectivity index (χ3n) is 2.53. The quantitative estimate of drug-likeness (QED) is 0.586. The minimum absolute atomic E-state index is 0.159. The average molecular weight is 258 g/mol. The Balaban J connectivity index is 0. The number of primary amides is 1. The third-order valence-corrected chi connectivity index (χ3v) is 2.53. The van der Waals surface area contributed by atoms with Gasteiger partial charge in [-0.25, -0.2) is 0 Å². The van der Waals surface area contributed by atoms with Gasteiger partial charge in [-0.05, 0) is 12.5 Å². The lowest BCUT2D eigenvalue weighted by atomic mass is 10.1. The lowest BCUT2D eigenvalue weighted by Gasteiger charge is -2.00. The van der Waals surface area contributed by atoms with Gasteiger partial charge in [0, 0.05) is 6.42 Å². The second kappa shape index (κ2) is 16.4. The molecule has 0 unspecified atom stereocenters. The number of carbonyl (C=O) groups is 1. The van der Waals surface area contributed by atoms with E-state index < -0.39 is 0 Å². The van der Waals surface area contributed by atoms with Gasteiger partial charge in [-0.3, -0.25) is 4.79 Å². The predicted molar refractivity (Wildman–Crippen MR) is 80.4 cm³/mol. The van der Waals surface area contributed by atoms with Crippen molar-refractivity contribution in [1.29, 1.82) is 0 Å². The van der Waals surface area contributed by atoms with Crippen LogP contribution < -0.4 is 11.5 Å². The zero-order chi connectivity index (χ0) is 14.2. The minimum atomic E-state index is -0.159. The summed E-state index contributed by atoms with van der Waals surface area (Å²) < 4.78 is 0. The van der Waals surface area contributed by atoms with Crippen molar-refractivity contribution >= 4 is 5.91 Å². The summed E-state index contributed by atoms with van der Waals surface area (Å²) in [6.07, 6.45) is 12.1. The maximum absolute atomic E-state index is 10.4. The van der Waals surface area contributed by atoms with Gasteiger partial charge >= 0.3 is 0 Å². The van der Waals surface area contributed by atoms with E-state index in [1.165, 1.54) is 44.9 Å². The average Bonchev–Trinajstić information content (AvgIpc) is 2.26. The van der Waals surface area contributed by atoms with Gasteiger partial charge in [0.05, 0.1) is 0 Å². The number of nitrogens with two attached hydrogens (primary N) is 2. The molecule has 18 heavy (non-hydrogen) atoms. The minimum Gasteiger partial charge on any atom is -0.370 e. The van der Waals surface area contributed by atoms with Gasteiger partial charge < -0.3 is 11.5 Å². The second-order valence-corrected chi connectivity index (χ2v) is 5.29. The fourth-order valence-electron chi connectivity index (χ4n) is 1.61. The van der Waals surface area contributed by atoms with Crippen LogP contribution in [-0.2, 0) is 4.79 Å². The molecular weight excluding hydrogens is 224 g/mol. The Morgan fingerprint density at radius 1 is 0.889 bits per heavy atom. The molecule has 0 saturated carbocycles. The first-order chi connectivity index (χ1) is 8.50. The lowest BCUT2D eigenvalue weighted by Crippen LogP contribution is -2.09. The highest BCUT2D eigenvalue weighted by atomic mass is 16.1. The fraction of sp³-hybridized carbons (Fsp3) is 0.933. The number of amides is 1. The molecule has 0 saturated heterocycles. The van der Waals surface area contributed by atoms with Crippen molar-refractivity contribution in [3.63, 3.8) is 0 Å². The SMILES string of the molecule is CC(C)N.CCCCCCCCCCCC(N)=O. The van der Waals surface area contributed by atoms with Gasteiger partial charge in [0.1, 0.15) is 0 Å². The Bertz CT molecular complexity index is 167. The van der Waals surface area contributed by atoms with Gasteiger partial charge in [0.15, 0.2) is 0 Å². The van der Waals surface area contributed by atoms with E-state index in [2.05, 4.69) is 6.92 Å². The largest absolute Gasteiger partial charge is 0.370 e. The first kappa shape index (κ1) is 19.8. The van der Waals surface area contributed by atoms with Crippen molar-refractivity contribution in [2.75, 3.05) is 0 Å². The molecule has 0 heterocycles. The van der Waals surface area contributed by atoms with Crippen LogP contribution in [0.1, 0.15) is 85.0 Å². The van der Waals surface area contributed by atoms with Crippen molar-refractivity contribution < 1.29 is 4.79 Å². The summed E-state index contributed by atoms with van der Waals surface area (Å²) in [4.78, 5) is 10.4. The van der Waals surface area contributed by atoms with Gasteiger partial charge in [-0.2, -0.15) is 0 Å². The highest BCUT2D eigenvalue weighted by molar-refractivity contribution is 5.73. The highest BCUT2D eigenvalue weighted by Gasteiger charge is 1.94. The summed E-state index contributed by atoms with van der Waals surface area (Å²) in [5.74, 6) is -0.159. The summed E-state index contributed by atoms with van der Waals surface area (Å²) in [6.45, 7) is 6.13. The van der Waals surface area contributed by atoms with Crippen LogP contribution in [0.2, 0.25) is 0 Å². The van der Waals surface area contributed by atoms with E-state index >= 15 is 0 Å². The van der Waals surface area contributed by atoms with E-state index in [0.717, 1.165) is 12.8 Å². The molecule has 0 bridgehead atoms. The van der Waals surface area contributed by atoms with Crippen LogP contribution in [0, 0.1) is 0 Å². The molecule has 0 radical (unpaired) electrons. The summed E-state index contributed by atoms with van der Waals surface area (Å²) >= 11 is 0. The summed E-state index contributed by atoms with van der Waals surface area (Å²) in [5, 5.41) is 0. The van der Waals surface area contributed by atoms with Gasteiger partial charge in [-0.15, -0.1) is 0 Å². The van der Waals surface area contributed by atoms with Crippen LogP contribution in [0.4, 0.5) is 0 Å². The molecular formula is C15H34N2O. The molecule has 0 rings (SSSR count). The smallest absolute Gasteiger partial charge is 0.217 e. The van der Waals surface area contributed by atoms with Crippen LogP contribution >= 0.6 is 0 Å². The third kappa shape index (κ3) is 29.5. The predicted octanol–water partition coefficient (Wildman–Crippen LogP) is 3.75. The fourth-order valence-corrected chi connectivity index (χ4v) is 1.61. The maximum Gasteiger partial charge on any atom is 0.217 e. The summed E-state index contributed by atoms with van der Waals surface area (Å²) in [5.41, 5.74) is 10.2. The van der Waals surface area contributed by atoms with Crippen molar-refractivity contribution in [2.24, 2.45) is 11.5 Å². The van der Waals surface area contributed by atoms with Crippen molar-refractivity contribution in [2.45, 2.75) is 91.0 Å². The van der Waals surface area contributed by atoms with Gasteiger partial charge in [-0.1, -0.05) is 72.1 Å². The molecule has 0 aliphatic heterocycles. The lowest BCUT2D eigenvalue weighted by molar-refractivity contribution is -0.118. The van der Waals surface area contributed by atoms with E-state index in [-0.39, 0.29) is 5.91 Å². The highest BCUT2D eigenvalue weighted by Crippen LogP contribution is 2.10. The van der Waals surface area contributed by atoms with E-state index in [1.807, 2.05) is 13.8 Å².